The van der Waals surface area contributed by atoms with E-state index < -0.39 is 16.9 Å². The maximum Gasteiger partial charge on any atom is 0.237 e. The Morgan fingerprint density at radius 1 is 1.27 bits per heavy atom. The number of amides is 1. The van der Waals surface area contributed by atoms with Gasteiger partial charge in [-0.05, 0) is 30.7 Å². The van der Waals surface area contributed by atoms with Gasteiger partial charge in [-0.15, -0.1) is 11.8 Å². The molecule has 1 N–H and O–H groups in total. The van der Waals surface area contributed by atoms with Gasteiger partial charge in [-0.25, -0.2) is 8.78 Å². The van der Waals surface area contributed by atoms with Crippen molar-refractivity contribution >= 4 is 39.3 Å². The van der Waals surface area contributed by atoms with Crippen molar-refractivity contribution in [3.8, 4) is 0 Å². The Hall–Kier alpha value is -1.40. The molecule has 2 aromatic rings. The topological polar surface area (TPSA) is 29.1 Å². The van der Waals surface area contributed by atoms with Gasteiger partial charge in [-0.2, -0.15) is 0 Å². The minimum Gasteiger partial charge on any atom is -0.323 e. The van der Waals surface area contributed by atoms with Gasteiger partial charge in [0.2, 0.25) is 5.91 Å². The summed E-state index contributed by atoms with van der Waals surface area (Å²) in [5.74, 6) is -0.966. The van der Waals surface area contributed by atoms with Crippen LogP contribution in [-0.2, 0) is 10.5 Å². The third-order valence-corrected chi connectivity index (χ3v) is 4.97. The highest BCUT2D eigenvalue weighted by molar-refractivity contribution is 9.10. The fourth-order valence-electron chi connectivity index (χ4n) is 1.73. The number of nitrogens with one attached hydrogen (secondary N) is 1. The highest BCUT2D eigenvalue weighted by atomic mass is 79.9. The molecule has 0 bridgehead atoms. The first-order valence-electron chi connectivity index (χ1n) is 6.58. The van der Waals surface area contributed by atoms with E-state index in [1.165, 1.54) is 11.8 Å². The third-order valence-electron chi connectivity index (χ3n) is 3.00. The Morgan fingerprint density at radius 3 is 2.73 bits per heavy atom. The van der Waals surface area contributed by atoms with Crippen molar-refractivity contribution in [3.05, 3.63) is 64.1 Å². The second-order valence-corrected chi connectivity index (χ2v) is 6.84. The van der Waals surface area contributed by atoms with E-state index in [1.807, 2.05) is 24.3 Å². The molecule has 0 aromatic heterocycles. The van der Waals surface area contributed by atoms with Crippen molar-refractivity contribution < 1.29 is 13.6 Å². The van der Waals surface area contributed by atoms with Crippen LogP contribution in [0, 0.1) is 11.6 Å². The molecular formula is C16H14BrF2NOS. The average Bonchev–Trinajstić information content (AvgIpc) is 2.49. The number of benzene rings is 2. The zero-order chi connectivity index (χ0) is 16.1. The summed E-state index contributed by atoms with van der Waals surface area (Å²) >= 11 is 4.87. The Morgan fingerprint density at radius 2 is 2.00 bits per heavy atom. The van der Waals surface area contributed by atoms with Crippen LogP contribution >= 0.6 is 27.7 Å². The molecule has 22 heavy (non-hydrogen) atoms. The molecule has 1 amide bonds. The predicted octanol–water partition coefficient (Wildman–Crippen LogP) is 4.99. The van der Waals surface area contributed by atoms with Crippen molar-refractivity contribution in [2.45, 2.75) is 17.9 Å². The summed E-state index contributed by atoms with van der Waals surface area (Å²) in [6, 6.07) is 10.7. The number of halogens is 3. The molecule has 0 unspecified atom stereocenters. The van der Waals surface area contributed by atoms with E-state index in [9.17, 15) is 13.6 Å². The second-order valence-electron chi connectivity index (χ2n) is 4.66. The molecular weight excluding hydrogens is 372 g/mol. The summed E-state index contributed by atoms with van der Waals surface area (Å²) in [4.78, 5) is 12.0. The minimum absolute atomic E-state index is 0.140. The van der Waals surface area contributed by atoms with Gasteiger partial charge in [-0.1, -0.05) is 34.1 Å². The van der Waals surface area contributed by atoms with E-state index >= 15 is 0 Å². The van der Waals surface area contributed by atoms with Crippen molar-refractivity contribution in [2.75, 3.05) is 5.32 Å². The lowest BCUT2D eigenvalue weighted by Crippen LogP contribution is -2.23. The van der Waals surface area contributed by atoms with Gasteiger partial charge >= 0.3 is 0 Å². The smallest absolute Gasteiger partial charge is 0.237 e. The van der Waals surface area contributed by atoms with Crippen molar-refractivity contribution in [1.29, 1.82) is 0 Å². The van der Waals surface area contributed by atoms with Gasteiger partial charge in [0.05, 0.1) is 10.9 Å². The molecule has 0 aliphatic carbocycles. The first-order chi connectivity index (χ1) is 10.5. The molecule has 0 saturated carbocycles. The Labute approximate surface area is 140 Å². The van der Waals surface area contributed by atoms with Crippen molar-refractivity contribution in [1.82, 2.24) is 0 Å². The van der Waals surface area contributed by atoms with Crippen LogP contribution in [0.2, 0.25) is 0 Å². The first kappa shape index (κ1) is 17.0. The summed E-state index contributed by atoms with van der Waals surface area (Å²) in [5, 5.41) is 2.02. The molecule has 0 aliphatic heterocycles. The molecule has 0 radical (unpaired) electrons. The van der Waals surface area contributed by atoms with Crippen LogP contribution in [0.1, 0.15) is 12.5 Å². The number of rotatable bonds is 5. The molecule has 116 valence electrons. The van der Waals surface area contributed by atoms with Crippen LogP contribution in [0.3, 0.4) is 0 Å². The average molecular weight is 386 g/mol. The zero-order valence-corrected chi connectivity index (χ0v) is 14.2. The van der Waals surface area contributed by atoms with Gasteiger partial charge in [0.15, 0.2) is 0 Å². The van der Waals surface area contributed by atoms with Gasteiger partial charge in [0.1, 0.15) is 11.6 Å². The summed E-state index contributed by atoms with van der Waals surface area (Å²) < 4.78 is 27.6. The van der Waals surface area contributed by atoms with Gasteiger partial charge in [-0.3, -0.25) is 4.79 Å². The van der Waals surface area contributed by atoms with Gasteiger partial charge in [0, 0.05) is 16.3 Å². The molecule has 2 nitrogen and oxygen atoms in total. The Balaban J connectivity index is 1.95. The third kappa shape index (κ3) is 4.55. The molecule has 0 saturated heterocycles. The van der Waals surface area contributed by atoms with Crippen LogP contribution in [0.4, 0.5) is 14.5 Å². The highest BCUT2D eigenvalue weighted by Gasteiger charge is 2.16. The van der Waals surface area contributed by atoms with Gasteiger partial charge < -0.3 is 5.32 Å². The quantitative estimate of drug-likeness (QED) is 0.785. The predicted molar refractivity (Wildman–Crippen MR) is 89.9 cm³/mol. The minimum atomic E-state index is -0.655. The molecule has 6 heteroatoms. The van der Waals surface area contributed by atoms with E-state index in [4.69, 9.17) is 0 Å². The van der Waals surface area contributed by atoms with E-state index in [-0.39, 0.29) is 11.6 Å². The van der Waals surface area contributed by atoms with Crippen LogP contribution in [-0.4, -0.2) is 11.2 Å². The molecule has 0 heterocycles. The van der Waals surface area contributed by atoms with Crippen molar-refractivity contribution in [3.63, 3.8) is 0 Å². The van der Waals surface area contributed by atoms with Crippen LogP contribution in [0.5, 0.6) is 0 Å². The number of thioether (sulfide) groups is 1. The summed E-state index contributed by atoms with van der Waals surface area (Å²) in [6.07, 6.45) is 0. The monoisotopic (exact) mass is 385 g/mol. The molecule has 2 rings (SSSR count). The van der Waals surface area contributed by atoms with Crippen LogP contribution in [0.15, 0.2) is 46.9 Å². The molecule has 0 fully saturated rings. The molecule has 2 aromatic carbocycles. The van der Waals surface area contributed by atoms with Crippen LogP contribution < -0.4 is 5.32 Å². The Bertz CT molecular complexity index is 681. The molecule has 0 spiro atoms. The summed E-state index contributed by atoms with van der Waals surface area (Å²) in [5.41, 5.74) is 0.933. The highest BCUT2D eigenvalue weighted by Crippen LogP contribution is 2.25. The lowest BCUT2D eigenvalue weighted by molar-refractivity contribution is -0.115. The maximum atomic E-state index is 13.5. The first-order valence-corrected chi connectivity index (χ1v) is 8.42. The molecule has 1 atom stereocenters. The standard InChI is InChI=1S/C16H14BrF2NOS/c1-10(22-9-11-4-2-3-5-13(11)17)16(21)20-15-8-12(18)6-7-14(15)19/h2-8,10H,9H2,1H3,(H,20,21)/t10-/m0/s1. The van der Waals surface area contributed by atoms with Crippen LogP contribution in [0.25, 0.3) is 0 Å². The number of carbonyl (C=O) groups is 1. The van der Waals surface area contributed by atoms with E-state index in [0.717, 1.165) is 28.2 Å². The molecule has 0 aliphatic rings. The summed E-state index contributed by atoms with van der Waals surface area (Å²) in [6.45, 7) is 1.73. The maximum absolute atomic E-state index is 13.5. The lowest BCUT2D eigenvalue weighted by Gasteiger charge is -2.13. The van der Waals surface area contributed by atoms with Crippen molar-refractivity contribution in [2.24, 2.45) is 0 Å². The fraction of sp³-hybridized carbons (Fsp3) is 0.188. The number of hydrogen-bond donors (Lipinski definition) is 1. The second kappa shape index (κ2) is 7.74. The number of anilines is 1. The SMILES string of the molecule is C[C@H](SCc1ccccc1Br)C(=O)Nc1cc(F)ccc1F. The van der Waals surface area contributed by atoms with E-state index in [0.29, 0.717) is 5.75 Å². The Kier molecular flexibility index (Phi) is 5.97. The number of hydrogen-bond acceptors (Lipinski definition) is 2. The van der Waals surface area contributed by atoms with E-state index in [1.54, 1.807) is 6.92 Å². The normalized spacial score (nSPS) is 12.0. The summed E-state index contributed by atoms with van der Waals surface area (Å²) in [7, 11) is 0. The number of carbonyl (C=O) groups excluding carboxylic acids is 1. The largest absolute Gasteiger partial charge is 0.323 e. The van der Waals surface area contributed by atoms with E-state index in [2.05, 4.69) is 21.2 Å². The zero-order valence-electron chi connectivity index (χ0n) is 11.8. The van der Waals surface area contributed by atoms with Gasteiger partial charge in [0.25, 0.3) is 0 Å². The fourth-order valence-corrected chi connectivity index (χ4v) is 3.24. The lowest BCUT2D eigenvalue weighted by atomic mass is 10.2.